The Balaban J connectivity index is 0.000000179. The van der Waals surface area contributed by atoms with Gasteiger partial charge in [-0.2, -0.15) is 10.2 Å². The first-order valence-electron chi connectivity index (χ1n) is 29.0. The van der Waals surface area contributed by atoms with Gasteiger partial charge in [-0.1, -0.05) is 100 Å². The molecule has 444 valence electrons. The molecule has 19 heteroatoms. The summed E-state index contributed by atoms with van der Waals surface area (Å²) in [5.74, 6) is -0.915. The van der Waals surface area contributed by atoms with Crippen LogP contribution < -0.4 is 21.7 Å². The van der Waals surface area contributed by atoms with Crippen LogP contribution in [0.1, 0.15) is 139 Å². The number of aryl methyl sites for hydroxylation is 2. The second-order valence-electron chi connectivity index (χ2n) is 22.1. The molecule has 0 aliphatic carbocycles. The average molecular weight is 1190 g/mol. The monoisotopic (exact) mass is 1180 g/mol. The molecule has 0 spiro atoms. The normalized spacial score (nSPS) is 14.2. The zero-order valence-electron chi connectivity index (χ0n) is 49.4. The van der Waals surface area contributed by atoms with Crippen molar-refractivity contribution in [2.45, 2.75) is 92.4 Å². The number of halogens is 1. The first kappa shape index (κ1) is 60.1. The summed E-state index contributed by atoms with van der Waals surface area (Å²) < 4.78 is 3.86. The van der Waals surface area contributed by atoms with Crippen LogP contribution in [0.25, 0.3) is 21.5 Å². The molecule has 2 atom stereocenters. The fourth-order valence-corrected chi connectivity index (χ4v) is 11.4. The average Bonchev–Trinajstić information content (AvgIpc) is 1.79. The van der Waals surface area contributed by atoms with E-state index < -0.39 is 0 Å². The number of nitrogens with two attached hydrogens (primary N) is 1. The summed E-state index contributed by atoms with van der Waals surface area (Å²) in [7, 11) is 0. The highest BCUT2D eigenvalue weighted by molar-refractivity contribution is 6.63. The fourth-order valence-electron chi connectivity index (χ4n) is 11.4. The number of aromatic nitrogens is 6. The predicted octanol–water partition coefficient (Wildman–Crippen LogP) is 12.6. The maximum absolute atomic E-state index is 13.7. The van der Waals surface area contributed by atoms with Gasteiger partial charge in [0.15, 0.2) is 11.4 Å². The Labute approximate surface area is 509 Å². The van der Waals surface area contributed by atoms with Gasteiger partial charge in [0, 0.05) is 95.4 Å². The Morgan fingerprint density at radius 2 is 1.00 bits per heavy atom. The molecule has 5 amide bonds. The number of hydrogen-bond donors (Lipinski definition) is 6. The smallest absolute Gasteiger partial charge is 0.276 e. The van der Waals surface area contributed by atoms with Crippen LogP contribution in [0.5, 0.6) is 0 Å². The number of amides is 5. The highest BCUT2D eigenvalue weighted by Gasteiger charge is 2.37. The van der Waals surface area contributed by atoms with Crippen LogP contribution in [0.4, 0.5) is 22.7 Å². The molecule has 2 aliphatic rings. The Kier molecular flexibility index (Phi) is 18.3. The van der Waals surface area contributed by atoms with Gasteiger partial charge in [-0.25, -0.2) is 0 Å². The summed E-state index contributed by atoms with van der Waals surface area (Å²) in [6.07, 6.45) is 4.31. The second kappa shape index (κ2) is 26.5. The van der Waals surface area contributed by atoms with E-state index in [1.54, 1.807) is 47.3 Å². The van der Waals surface area contributed by atoms with Gasteiger partial charge in [0.2, 0.25) is 11.1 Å². The number of anilines is 4. The molecule has 4 aromatic heterocycles. The van der Waals surface area contributed by atoms with E-state index in [0.717, 1.165) is 72.0 Å². The van der Waals surface area contributed by atoms with E-state index in [1.165, 1.54) is 0 Å². The number of carbonyl (C=O) groups is 6. The third-order valence-electron chi connectivity index (χ3n) is 15.5. The summed E-state index contributed by atoms with van der Waals surface area (Å²) in [4.78, 5) is 85.0. The summed E-state index contributed by atoms with van der Waals surface area (Å²) in [5.41, 5.74) is 18.3. The number of aromatic amines is 2. The largest absolute Gasteiger partial charge is 0.399 e. The lowest BCUT2D eigenvalue weighted by Crippen LogP contribution is -2.38. The van der Waals surface area contributed by atoms with Gasteiger partial charge in [-0.3, -0.25) is 38.1 Å². The lowest BCUT2D eigenvalue weighted by Gasteiger charge is -2.32. The topological polar surface area (TPSA) is 238 Å². The van der Waals surface area contributed by atoms with E-state index in [0.29, 0.717) is 85.4 Å². The number of benzene rings is 6. The molecule has 0 bridgehead atoms. The SMILES string of the molecule is CCC(=O)Cl.CCC(=O)Nc1ccc2c(Cn3nc(C(=O)Nc4cccc(C)c4)c4c3C(C)CN(C(=O)c3ccc[nH]3)C4)cccc2c1.Cc1cccc(NC(=O)c2nn(Cc3cccc4cc(N)ccc34)c3c2CN(C(=O)c2ccc[nH]2)CC3C)c1. The minimum atomic E-state index is -0.309. The highest BCUT2D eigenvalue weighted by atomic mass is 35.5. The number of rotatable bonds is 13. The molecule has 7 N–H and O–H groups in total. The van der Waals surface area contributed by atoms with Crippen molar-refractivity contribution < 1.29 is 28.8 Å². The zero-order chi connectivity index (χ0) is 61.5. The molecule has 0 saturated heterocycles. The Bertz CT molecular complexity index is 4200. The highest BCUT2D eigenvalue weighted by Crippen LogP contribution is 2.36. The minimum Gasteiger partial charge on any atom is -0.399 e. The standard InChI is InChI=1S/C34H34N6O3.C31H30N6O2.C3H5ClO/c1-4-30(41)36-26-13-14-27-23(17-26)9-6-10-24(27)19-40-32-22(3)18-39(34(43)29-12-7-15-35-29)20-28(32)31(38-40)33(42)37-25-11-5-8-21(2)16-25;1-19-6-3-9-24(14-19)34-30(38)28-26-18-36(31(39)27-10-5-13-33-27)16-20(2)29(26)37(35-28)17-22-8-4-7-21-15-23(32)11-12-25(21)22;1-2-3(4)5/h5-17,22,35H,4,18-20H2,1-3H3,(H,36,41)(H,37,42);3-15,20,33H,16-18,32H2,1-2H3,(H,34,38);2H2,1H3. The maximum Gasteiger partial charge on any atom is 0.276 e. The van der Waals surface area contributed by atoms with Crippen LogP contribution in [0.3, 0.4) is 0 Å². The van der Waals surface area contributed by atoms with E-state index in [-0.39, 0.29) is 53.2 Å². The number of hydrogen-bond acceptors (Lipinski definition) is 9. The quantitative estimate of drug-likeness (QED) is 0.0475. The van der Waals surface area contributed by atoms with Crippen molar-refractivity contribution in [3.05, 3.63) is 226 Å². The van der Waals surface area contributed by atoms with Crippen LogP contribution in [-0.2, 0) is 35.8 Å². The molecule has 2 unspecified atom stereocenters. The Hall–Kier alpha value is -10.1. The summed E-state index contributed by atoms with van der Waals surface area (Å²) >= 11 is 4.82. The van der Waals surface area contributed by atoms with E-state index in [2.05, 4.69) is 51.9 Å². The first-order valence-corrected chi connectivity index (χ1v) is 29.4. The molecule has 87 heavy (non-hydrogen) atoms. The molecule has 6 heterocycles. The van der Waals surface area contributed by atoms with Gasteiger partial charge in [0.1, 0.15) is 11.4 Å². The number of H-pyrrole nitrogens is 2. The van der Waals surface area contributed by atoms with E-state index in [4.69, 9.17) is 27.5 Å². The van der Waals surface area contributed by atoms with E-state index in [9.17, 15) is 28.8 Å². The molecule has 0 saturated carbocycles. The molecule has 0 fully saturated rings. The summed E-state index contributed by atoms with van der Waals surface area (Å²) in [6.45, 7) is 14.2. The van der Waals surface area contributed by atoms with Crippen LogP contribution >= 0.6 is 11.6 Å². The maximum atomic E-state index is 13.7. The lowest BCUT2D eigenvalue weighted by atomic mass is 9.95. The molecule has 0 radical (unpaired) electrons. The van der Waals surface area contributed by atoms with Gasteiger partial charge in [-0.05, 0) is 142 Å². The third kappa shape index (κ3) is 13.7. The first-order chi connectivity index (χ1) is 41.9. The van der Waals surface area contributed by atoms with Crippen molar-refractivity contribution in [3.8, 4) is 0 Å². The zero-order valence-corrected chi connectivity index (χ0v) is 50.2. The van der Waals surface area contributed by atoms with Crippen molar-refractivity contribution in [2.75, 3.05) is 34.8 Å². The van der Waals surface area contributed by atoms with Crippen molar-refractivity contribution in [1.82, 2.24) is 39.3 Å². The second-order valence-corrected chi connectivity index (χ2v) is 22.5. The molecular formula is C68H69ClN12O6. The number of nitrogen functional groups attached to an aromatic ring is 1. The van der Waals surface area contributed by atoms with Crippen LogP contribution in [0.2, 0.25) is 0 Å². The number of carbonyl (C=O) groups excluding carboxylic acids is 6. The predicted molar refractivity (Wildman–Crippen MR) is 341 cm³/mol. The van der Waals surface area contributed by atoms with Crippen LogP contribution in [0.15, 0.2) is 158 Å². The van der Waals surface area contributed by atoms with Gasteiger partial charge in [0.25, 0.3) is 23.6 Å². The number of fused-ring (bicyclic) bond motifs is 4. The molecule has 18 nitrogen and oxygen atoms in total. The Morgan fingerprint density at radius 3 is 1.44 bits per heavy atom. The summed E-state index contributed by atoms with van der Waals surface area (Å²) in [6, 6.07) is 46.4. The van der Waals surface area contributed by atoms with E-state index >= 15 is 0 Å². The van der Waals surface area contributed by atoms with Gasteiger partial charge >= 0.3 is 0 Å². The van der Waals surface area contributed by atoms with Crippen molar-refractivity contribution in [3.63, 3.8) is 0 Å². The van der Waals surface area contributed by atoms with Gasteiger partial charge < -0.3 is 41.5 Å². The van der Waals surface area contributed by atoms with Crippen molar-refractivity contribution in [1.29, 1.82) is 0 Å². The molecule has 10 aromatic rings. The molecular weight excluding hydrogens is 1120 g/mol. The van der Waals surface area contributed by atoms with Crippen molar-refractivity contribution in [2.24, 2.45) is 0 Å². The van der Waals surface area contributed by atoms with Crippen molar-refractivity contribution >= 4 is 90.7 Å². The Morgan fingerprint density at radius 1 is 0.552 bits per heavy atom. The molecule has 2 aliphatic heterocycles. The van der Waals surface area contributed by atoms with Crippen LogP contribution in [-0.4, -0.2) is 87.2 Å². The molecule has 12 rings (SSSR count). The fraction of sp³-hybridized carbons (Fsp3) is 0.235. The van der Waals surface area contributed by atoms with Gasteiger partial charge in [-0.15, -0.1) is 0 Å². The number of nitrogens with zero attached hydrogens (tertiary/aromatic N) is 6. The van der Waals surface area contributed by atoms with Crippen LogP contribution in [0, 0.1) is 13.8 Å². The minimum absolute atomic E-state index is 0.0219. The van der Waals surface area contributed by atoms with E-state index in [1.807, 2.05) is 145 Å². The third-order valence-corrected chi connectivity index (χ3v) is 15.8. The summed E-state index contributed by atoms with van der Waals surface area (Å²) in [5, 5.41) is 22.6. The lowest BCUT2D eigenvalue weighted by molar-refractivity contribution is -0.116. The molecule has 6 aromatic carbocycles. The number of nitrogens with one attached hydrogen (secondary N) is 5. The van der Waals surface area contributed by atoms with Gasteiger partial charge in [0.05, 0.1) is 26.2 Å².